The Labute approximate surface area is 159 Å². The number of hydrogen-bond acceptors (Lipinski definition) is 6. The molecule has 1 atom stereocenters. The molecule has 2 aromatic heterocycles. The highest BCUT2D eigenvalue weighted by atomic mass is 32.1. The number of fused-ring (bicyclic) bond motifs is 1. The number of nitrogens with zero attached hydrogens (tertiary/aromatic N) is 1. The SMILES string of the molecule is C[C@@H](NC(=O)COC(=O)c1ccc(-c2nc3ccccc3s2)s1)C1CC1. The van der Waals surface area contributed by atoms with Gasteiger partial charge in [0.15, 0.2) is 6.61 Å². The van der Waals surface area contributed by atoms with Gasteiger partial charge in [-0.25, -0.2) is 9.78 Å². The van der Waals surface area contributed by atoms with Gasteiger partial charge in [-0.05, 0) is 49.9 Å². The van der Waals surface area contributed by atoms with E-state index in [-0.39, 0.29) is 18.6 Å². The third kappa shape index (κ3) is 3.78. The topological polar surface area (TPSA) is 68.3 Å². The quantitative estimate of drug-likeness (QED) is 0.648. The van der Waals surface area contributed by atoms with Gasteiger partial charge in [0.25, 0.3) is 5.91 Å². The Kier molecular flexibility index (Phi) is 4.74. The van der Waals surface area contributed by atoms with E-state index in [9.17, 15) is 9.59 Å². The van der Waals surface area contributed by atoms with Crippen molar-refractivity contribution in [3.8, 4) is 9.88 Å². The standard InChI is InChI=1S/C19H18N2O3S2/c1-11(12-6-7-12)20-17(22)10-24-19(23)16-9-8-15(25-16)18-21-13-4-2-3-5-14(13)26-18/h2-5,8-9,11-12H,6-7,10H2,1H3,(H,20,22)/t11-/m1/s1. The lowest BCUT2D eigenvalue weighted by atomic mass is 10.2. The Morgan fingerprint density at radius 1 is 1.23 bits per heavy atom. The zero-order valence-corrected chi connectivity index (χ0v) is 15.9. The molecule has 7 heteroatoms. The maximum atomic E-state index is 12.2. The van der Waals surface area contributed by atoms with E-state index in [4.69, 9.17) is 4.74 Å². The minimum absolute atomic E-state index is 0.147. The molecular formula is C19H18N2O3S2. The molecule has 0 unspecified atom stereocenters. The summed E-state index contributed by atoms with van der Waals surface area (Å²) < 4.78 is 6.25. The van der Waals surface area contributed by atoms with E-state index in [1.165, 1.54) is 11.3 Å². The first-order valence-electron chi connectivity index (χ1n) is 8.52. The van der Waals surface area contributed by atoms with Crippen molar-refractivity contribution in [2.45, 2.75) is 25.8 Å². The minimum atomic E-state index is -0.475. The summed E-state index contributed by atoms with van der Waals surface area (Å²) in [6, 6.07) is 11.7. The molecule has 1 aliphatic rings. The van der Waals surface area contributed by atoms with Gasteiger partial charge in [-0.3, -0.25) is 4.79 Å². The summed E-state index contributed by atoms with van der Waals surface area (Å²) in [4.78, 5) is 30.0. The smallest absolute Gasteiger partial charge is 0.348 e. The van der Waals surface area contributed by atoms with Gasteiger partial charge in [0.1, 0.15) is 9.88 Å². The van der Waals surface area contributed by atoms with Crippen LogP contribution in [0.25, 0.3) is 20.1 Å². The molecule has 2 heterocycles. The van der Waals surface area contributed by atoms with Crippen molar-refractivity contribution in [1.82, 2.24) is 10.3 Å². The first kappa shape index (κ1) is 17.2. The molecule has 1 fully saturated rings. The highest BCUT2D eigenvalue weighted by Gasteiger charge is 2.29. The monoisotopic (exact) mass is 386 g/mol. The molecule has 4 rings (SSSR count). The van der Waals surface area contributed by atoms with Crippen LogP contribution in [0.5, 0.6) is 0 Å². The maximum Gasteiger partial charge on any atom is 0.348 e. The number of hydrogen-bond donors (Lipinski definition) is 1. The van der Waals surface area contributed by atoms with Crippen molar-refractivity contribution >= 4 is 44.8 Å². The van der Waals surface area contributed by atoms with Gasteiger partial charge < -0.3 is 10.1 Å². The summed E-state index contributed by atoms with van der Waals surface area (Å²) in [5.74, 6) is -0.152. The molecule has 134 valence electrons. The largest absolute Gasteiger partial charge is 0.451 e. The Bertz CT molecular complexity index is 926. The molecule has 1 aliphatic carbocycles. The molecule has 0 saturated heterocycles. The van der Waals surface area contributed by atoms with Crippen LogP contribution < -0.4 is 5.32 Å². The number of amides is 1. The van der Waals surface area contributed by atoms with Gasteiger partial charge in [0.05, 0.1) is 15.1 Å². The molecule has 0 spiro atoms. The number of para-hydroxylation sites is 1. The van der Waals surface area contributed by atoms with Crippen LogP contribution >= 0.6 is 22.7 Å². The van der Waals surface area contributed by atoms with Crippen molar-refractivity contribution in [3.05, 3.63) is 41.3 Å². The number of rotatable bonds is 6. The molecule has 1 N–H and O–H groups in total. The Balaban J connectivity index is 1.37. The summed E-state index contributed by atoms with van der Waals surface area (Å²) >= 11 is 2.92. The fourth-order valence-electron chi connectivity index (χ4n) is 2.75. The second-order valence-corrected chi connectivity index (χ2v) is 8.53. The van der Waals surface area contributed by atoms with Gasteiger partial charge in [0.2, 0.25) is 0 Å². The van der Waals surface area contributed by atoms with Crippen molar-refractivity contribution < 1.29 is 14.3 Å². The second-order valence-electron chi connectivity index (χ2n) is 6.42. The predicted molar refractivity (Wildman–Crippen MR) is 104 cm³/mol. The van der Waals surface area contributed by atoms with E-state index >= 15 is 0 Å². The zero-order valence-electron chi connectivity index (χ0n) is 14.2. The number of benzene rings is 1. The van der Waals surface area contributed by atoms with Crippen molar-refractivity contribution in [3.63, 3.8) is 0 Å². The maximum absolute atomic E-state index is 12.2. The molecule has 0 aliphatic heterocycles. The van der Waals surface area contributed by atoms with Gasteiger partial charge in [-0.2, -0.15) is 0 Å². The average molecular weight is 386 g/mol. The first-order chi connectivity index (χ1) is 12.6. The predicted octanol–water partition coefficient (Wildman–Crippen LogP) is 4.10. The fraction of sp³-hybridized carbons (Fsp3) is 0.316. The third-order valence-corrected chi connectivity index (χ3v) is 6.63. The Morgan fingerprint density at radius 3 is 2.81 bits per heavy atom. The lowest BCUT2D eigenvalue weighted by Crippen LogP contribution is -2.37. The van der Waals surface area contributed by atoms with Crippen LogP contribution in [0, 0.1) is 5.92 Å². The summed E-state index contributed by atoms with van der Waals surface area (Å²) in [5, 5.41) is 3.75. The van der Waals surface area contributed by atoms with Gasteiger partial charge in [-0.15, -0.1) is 22.7 Å². The zero-order chi connectivity index (χ0) is 18.1. The molecule has 0 radical (unpaired) electrons. The van der Waals surface area contributed by atoms with Crippen LogP contribution in [0.1, 0.15) is 29.4 Å². The van der Waals surface area contributed by atoms with E-state index in [1.807, 2.05) is 37.3 Å². The van der Waals surface area contributed by atoms with Gasteiger partial charge in [-0.1, -0.05) is 12.1 Å². The minimum Gasteiger partial charge on any atom is -0.451 e. The lowest BCUT2D eigenvalue weighted by Gasteiger charge is -2.12. The van der Waals surface area contributed by atoms with E-state index in [1.54, 1.807) is 17.4 Å². The first-order valence-corrected chi connectivity index (χ1v) is 10.2. The number of ether oxygens (including phenoxy) is 1. The number of thiazole rings is 1. The average Bonchev–Trinajstić information content (AvgIpc) is 3.21. The van der Waals surface area contributed by atoms with Crippen LogP contribution in [0.4, 0.5) is 0 Å². The molecule has 1 aromatic carbocycles. The highest BCUT2D eigenvalue weighted by molar-refractivity contribution is 7.26. The third-order valence-electron chi connectivity index (χ3n) is 4.36. The van der Waals surface area contributed by atoms with E-state index in [0.29, 0.717) is 10.8 Å². The van der Waals surface area contributed by atoms with Gasteiger partial charge >= 0.3 is 5.97 Å². The van der Waals surface area contributed by atoms with Crippen molar-refractivity contribution in [2.24, 2.45) is 5.92 Å². The number of aromatic nitrogens is 1. The molecule has 1 saturated carbocycles. The number of carbonyl (C=O) groups excluding carboxylic acids is 2. The number of thiophene rings is 1. The van der Waals surface area contributed by atoms with Crippen LogP contribution in [0.3, 0.4) is 0 Å². The van der Waals surface area contributed by atoms with Crippen LogP contribution in [-0.2, 0) is 9.53 Å². The van der Waals surface area contributed by atoms with Crippen molar-refractivity contribution in [1.29, 1.82) is 0 Å². The normalized spacial score (nSPS) is 15.0. The molecule has 26 heavy (non-hydrogen) atoms. The summed E-state index contributed by atoms with van der Waals surface area (Å²) in [7, 11) is 0. The number of nitrogens with one attached hydrogen (secondary N) is 1. The van der Waals surface area contributed by atoms with Crippen molar-refractivity contribution in [2.75, 3.05) is 6.61 Å². The molecular weight excluding hydrogens is 368 g/mol. The summed E-state index contributed by atoms with van der Waals surface area (Å²) in [5.41, 5.74) is 0.950. The van der Waals surface area contributed by atoms with Crippen LogP contribution in [0.15, 0.2) is 36.4 Å². The van der Waals surface area contributed by atoms with E-state index < -0.39 is 5.97 Å². The van der Waals surface area contributed by atoms with Crippen LogP contribution in [-0.4, -0.2) is 29.5 Å². The molecule has 5 nitrogen and oxygen atoms in total. The van der Waals surface area contributed by atoms with E-state index in [0.717, 1.165) is 32.9 Å². The number of carbonyl (C=O) groups is 2. The fourth-order valence-corrected chi connectivity index (χ4v) is 4.67. The molecule has 1 amide bonds. The second kappa shape index (κ2) is 7.17. The van der Waals surface area contributed by atoms with E-state index in [2.05, 4.69) is 10.3 Å². The Morgan fingerprint density at radius 2 is 2.04 bits per heavy atom. The van der Waals surface area contributed by atoms with Crippen LogP contribution in [0.2, 0.25) is 0 Å². The molecule has 3 aromatic rings. The number of esters is 1. The summed E-state index contributed by atoms with van der Waals surface area (Å²) in [6.45, 7) is 1.74. The lowest BCUT2D eigenvalue weighted by molar-refractivity contribution is -0.124. The summed E-state index contributed by atoms with van der Waals surface area (Å²) in [6.07, 6.45) is 2.32. The Hall–Kier alpha value is -2.25. The highest BCUT2D eigenvalue weighted by Crippen LogP contribution is 2.34. The molecule has 0 bridgehead atoms. The van der Waals surface area contributed by atoms with Gasteiger partial charge in [0, 0.05) is 6.04 Å².